The summed E-state index contributed by atoms with van der Waals surface area (Å²) in [4.78, 5) is 34.6. The van der Waals surface area contributed by atoms with Crippen molar-refractivity contribution in [2.75, 3.05) is 19.0 Å². The van der Waals surface area contributed by atoms with Gasteiger partial charge in [-0.15, -0.1) is 0 Å². The summed E-state index contributed by atoms with van der Waals surface area (Å²) in [6.07, 6.45) is 0. The Balaban J connectivity index is 3.60. The summed E-state index contributed by atoms with van der Waals surface area (Å²) < 4.78 is 5.65. The monoisotopic (exact) mass is 649 g/mol. The largest absolute Gasteiger partial charge is 0.478 e. The number of hydrogen-bond acceptors (Lipinski definition) is 4. The summed E-state index contributed by atoms with van der Waals surface area (Å²) in [5.41, 5.74) is 0.219. The van der Waals surface area contributed by atoms with Crippen LogP contribution >= 0.6 is 79.4 Å². The van der Waals surface area contributed by atoms with E-state index in [2.05, 4.69) is 5.32 Å². The zero-order chi connectivity index (χ0) is 16.3. The second-order valence-electron chi connectivity index (χ2n) is 3.63. The van der Waals surface area contributed by atoms with Crippen LogP contribution < -0.4 is 5.32 Å². The van der Waals surface area contributed by atoms with Crippen LogP contribution in [-0.2, 0) is 9.53 Å². The number of carbonyl (C=O) groups is 3. The Morgan fingerprint density at radius 1 is 1.14 bits per heavy atom. The molecule has 0 radical (unpaired) electrons. The molecule has 0 aliphatic carbocycles. The molecule has 114 valence electrons. The summed E-state index contributed by atoms with van der Waals surface area (Å²) in [5.74, 6) is -1.67. The van der Waals surface area contributed by atoms with Gasteiger partial charge in [0.15, 0.2) is 0 Å². The van der Waals surface area contributed by atoms with Crippen molar-refractivity contribution in [1.82, 2.24) is 0 Å². The highest BCUT2D eigenvalue weighted by Gasteiger charge is 2.27. The van der Waals surface area contributed by atoms with Crippen LogP contribution in [0.25, 0.3) is 0 Å². The number of nitrogens with one attached hydrogen (secondary N) is 1. The number of aromatic carboxylic acids is 1. The molecule has 1 aromatic carbocycles. The Bertz CT molecular complexity index is 594. The van der Waals surface area contributed by atoms with Gasteiger partial charge >= 0.3 is 5.97 Å². The van der Waals surface area contributed by atoms with Crippen LogP contribution in [0.3, 0.4) is 0 Å². The van der Waals surface area contributed by atoms with Crippen LogP contribution in [-0.4, -0.2) is 35.9 Å². The molecule has 0 spiro atoms. The van der Waals surface area contributed by atoms with E-state index in [0.29, 0.717) is 7.14 Å². The second kappa shape index (κ2) is 8.21. The lowest BCUT2D eigenvalue weighted by molar-refractivity contribution is -0.119. The number of carbonyl (C=O) groups excluding carboxylic acids is 2. The van der Waals surface area contributed by atoms with Gasteiger partial charge in [-0.25, -0.2) is 4.79 Å². The van der Waals surface area contributed by atoms with Gasteiger partial charge < -0.3 is 15.2 Å². The highest BCUT2D eigenvalue weighted by atomic mass is 127. The lowest BCUT2D eigenvalue weighted by Crippen LogP contribution is -2.21. The fourth-order valence-corrected chi connectivity index (χ4v) is 6.34. The minimum atomic E-state index is -1.21. The molecule has 6 nitrogen and oxygen atoms in total. The molecule has 0 saturated heterocycles. The number of halogens is 4. The van der Waals surface area contributed by atoms with Crippen molar-refractivity contribution in [1.29, 1.82) is 0 Å². The zero-order valence-corrected chi connectivity index (χ0v) is 17.5. The zero-order valence-electron chi connectivity index (χ0n) is 10.3. The molecule has 0 heterocycles. The molecule has 1 aromatic rings. The lowest BCUT2D eigenvalue weighted by atomic mass is 10.1. The first-order valence-corrected chi connectivity index (χ1v) is 8.76. The standard InChI is InChI=1S/C11H7ClI3NO5/c1-21-2-3(17)16-9-7(14)4(10(12)18)6(13)5(8(9)15)11(19)20/h2H2,1H3,(H,16,17)(H,19,20). The van der Waals surface area contributed by atoms with Crippen LogP contribution in [0.5, 0.6) is 0 Å². The van der Waals surface area contributed by atoms with Gasteiger partial charge in [-0.1, -0.05) is 0 Å². The van der Waals surface area contributed by atoms with Gasteiger partial charge in [0.25, 0.3) is 5.24 Å². The molecule has 0 saturated carbocycles. The molecule has 0 aliphatic rings. The van der Waals surface area contributed by atoms with Gasteiger partial charge in [-0.3, -0.25) is 9.59 Å². The molecule has 1 amide bonds. The number of carboxylic acid groups (broad SMARTS) is 1. The molecular formula is C11H7ClI3NO5. The number of carboxylic acids is 1. The minimum absolute atomic E-state index is 0.0587. The highest BCUT2D eigenvalue weighted by Crippen LogP contribution is 2.36. The maximum Gasteiger partial charge on any atom is 0.337 e. The highest BCUT2D eigenvalue weighted by molar-refractivity contribution is 14.1. The molecule has 0 aromatic heterocycles. The number of anilines is 1. The molecule has 0 aliphatic heterocycles. The number of hydrogen-bond donors (Lipinski definition) is 2. The van der Waals surface area contributed by atoms with Crippen molar-refractivity contribution in [2.24, 2.45) is 0 Å². The fraction of sp³-hybridized carbons (Fsp3) is 0.182. The maximum atomic E-state index is 11.7. The normalized spacial score (nSPS) is 10.3. The fourth-order valence-electron chi connectivity index (χ4n) is 1.44. The summed E-state index contributed by atoms with van der Waals surface area (Å²) in [6.45, 7) is -0.190. The molecule has 1 rings (SSSR count). The van der Waals surface area contributed by atoms with Gasteiger partial charge in [0.2, 0.25) is 5.91 Å². The number of methoxy groups -OCH3 is 1. The molecule has 10 heteroatoms. The van der Waals surface area contributed by atoms with E-state index < -0.39 is 17.1 Å². The summed E-state index contributed by atoms with van der Waals surface area (Å²) >= 11 is 10.9. The van der Waals surface area contributed by atoms with Crippen molar-refractivity contribution < 1.29 is 24.2 Å². The lowest BCUT2D eigenvalue weighted by Gasteiger charge is -2.16. The topological polar surface area (TPSA) is 92.7 Å². The molecular weight excluding hydrogens is 642 g/mol. The smallest absolute Gasteiger partial charge is 0.337 e. The summed E-state index contributed by atoms with van der Waals surface area (Å²) in [7, 11) is 1.36. The first kappa shape index (κ1) is 19.3. The number of benzene rings is 1. The van der Waals surface area contributed by atoms with Crippen molar-refractivity contribution in [3.63, 3.8) is 0 Å². The van der Waals surface area contributed by atoms with Crippen molar-refractivity contribution in [2.45, 2.75) is 0 Å². The van der Waals surface area contributed by atoms with E-state index in [-0.39, 0.29) is 27.0 Å². The number of amides is 1. The molecule has 0 bridgehead atoms. The Kier molecular flexibility index (Phi) is 7.56. The van der Waals surface area contributed by atoms with Gasteiger partial charge in [0, 0.05) is 10.7 Å². The number of rotatable bonds is 5. The van der Waals surface area contributed by atoms with E-state index in [9.17, 15) is 19.5 Å². The Morgan fingerprint density at radius 3 is 2.10 bits per heavy atom. The third kappa shape index (κ3) is 4.39. The first-order valence-electron chi connectivity index (χ1n) is 5.14. The number of ether oxygens (including phenoxy) is 1. The second-order valence-corrected chi connectivity index (χ2v) is 7.21. The molecule has 0 fully saturated rings. The van der Waals surface area contributed by atoms with E-state index in [1.54, 1.807) is 22.6 Å². The molecule has 21 heavy (non-hydrogen) atoms. The molecule has 2 N–H and O–H groups in total. The molecule has 0 atom stereocenters. The maximum absolute atomic E-state index is 11.7. The summed E-state index contributed by atoms with van der Waals surface area (Å²) in [6, 6.07) is 0. The van der Waals surface area contributed by atoms with Gasteiger partial charge in [-0.05, 0) is 79.4 Å². The quantitative estimate of drug-likeness (QED) is 0.378. The summed E-state index contributed by atoms with van der Waals surface area (Å²) in [5, 5.41) is 11.1. The van der Waals surface area contributed by atoms with Crippen molar-refractivity contribution >= 4 is 102 Å². The van der Waals surface area contributed by atoms with Crippen LogP contribution in [0.15, 0.2) is 0 Å². The predicted molar refractivity (Wildman–Crippen MR) is 102 cm³/mol. The average molecular weight is 649 g/mol. The van der Waals surface area contributed by atoms with Gasteiger partial charge in [0.1, 0.15) is 6.61 Å². The van der Waals surface area contributed by atoms with Crippen LogP contribution in [0, 0.1) is 10.7 Å². The van der Waals surface area contributed by atoms with Gasteiger partial charge in [0.05, 0.1) is 24.0 Å². The Labute approximate surface area is 165 Å². The SMILES string of the molecule is COCC(=O)Nc1c(I)c(C(=O)O)c(I)c(C(=O)Cl)c1I. The average Bonchev–Trinajstić information content (AvgIpc) is 2.33. The van der Waals surface area contributed by atoms with E-state index >= 15 is 0 Å². The van der Waals surface area contributed by atoms with Crippen LogP contribution in [0.2, 0.25) is 0 Å². The van der Waals surface area contributed by atoms with Gasteiger partial charge in [-0.2, -0.15) is 0 Å². The van der Waals surface area contributed by atoms with Crippen molar-refractivity contribution in [3.05, 3.63) is 21.8 Å². The first-order chi connectivity index (χ1) is 9.72. The predicted octanol–water partition coefficient (Wildman–Crippen LogP) is 3.16. The third-order valence-corrected chi connectivity index (χ3v) is 5.69. The minimum Gasteiger partial charge on any atom is -0.478 e. The van der Waals surface area contributed by atoms with Crippen molar-refractivity contribution in [3.8, 4) is 0 Å². The Morgan fingerprint density at radius 2 is 1.67 bits per heavy atom. The van der Waals surface area contributed by atoms with Crippen LogP contribution in [0.4, 0.5) is 5.69 Å². The molecule has 0 unspecified atom stereocenters. The van der Waals surface area contributed by atoms with E-state index in [0.717, 1.165) is 0 Å². The van der Waals surface area contributed by atoms with E-state index in [4.69, 9.17) is 16.3 Å². The Hall–Kier alpha value is 0.270. The van der Waals surface area contributed by atoms with Crippen LogP contribution in [0.1, 0.15) is 20.7 Å². The third-order valence-electron chi connectivity index (χ3n) is 2.27. The van der Waals surface area contributed by atoms with E-state index in [1.807, 2.05) is 45.2 Å². The van der Waals surface area contributed by atoms with E-state index in [1.165, 1.54) is 7.11 Å².